The van der Waals surface area contributed by atoms with Crippen molar-refractivity contribution in [3.05, 3.63) is 76.5 Å². The molecule has 0 saturated heterocycles. The van der Waals surface area contributed by atoms with Crippen LogP contribution in [0.25, 0.3) is 5.57 Å². The molecule has 0 aromatic heterocycles. The fourth-order valence-electron chi connectivity index (χ4n) is 5.81. The van der Waals surface area contributed by atoms with E-state index in [9.17, 15) is 0 Å². The van der Waals surface area contributed by atoms with Gasteiger partial charge in [0.15, 0.2) is 0 Å². The van der Waals surface area contributed by atoms with Gasteiger partial charge in [-0.05, 0) is 96.6 Å². The lowest BCUT2D eigenvalue weighted by Crippen LogP contribution is -2.16. The van der Waals surface area contributed by atoms with E-state index in [0.29, 0.717) is 10.8 Å². The molecule has 0 amide bonds. The van der Waals surface area contributed by atoms with Gasteiger partial charge < -0.3 is 0 Å². The maximum Gasteiger partial charge on any atom is 0.0690 e. The summed E-state index contributed by atoms with van der Waals surface area (Å²) in [4.78, 5) is 0. The molecule has 0 radical (unpaired) electrons. The van der Waals surface area contributed by atoms with Crippen LogP contribution in [0, 0.1) is 23.2 Å². The quantitative estimate of drug-likeness (QED) is 0.0875. The maximum atomic E-state index is 5.39. The van der Waals surface area contributed by atoms with Gasteiger partial charge in [-0.15, -0.1) is 6.42 Å². The second-order valence-corrected chi connectivity index (χ2v) is 22.0. The maximum absolute atomic E-state index is 5.39. The van der Waals surface area contributed by atoms with Gasteiger partial charge in [0.2, 0.25) is 0 Å². The summed E-state index contributed by atoms with van der Waals surface area (Å²) in [5, 5.41) is 0. The Kier molecular flexibility index (Phi) is 19.8. The van der Waals surface area contributed by atoms with Crippen LogP contribution in [0.5, 0.6) is 0 Å². The Hall–Kier alpha value is -2.04. The Morgan fingerprint density at radius 1 is 0.667 bits per heavy atom. The first-order valence-corrected chi connectivity index (χ1v) is 22.1. The molecule has 2 rings (SSSR count). The van der Waals surface area contributed by atoms with E-state index in [2.05, 4.69) is 122 Å². The third-order valence-electron chi connectivity index (χ3n) is 8.33. The standard InChI is InChI=1S/C27H48Si.C17H24/c1-8-9-10-11-14-19-26(23-28(5,6)7)25-20-16-18-24(22-25)17-13-12-15-21-27(2,3)4;1-5-15-11-9-12-16(14-15)10-7-6-8-13-17(2,3)4/h16,18,20,22-23H,8-15,17,19,21H2,1-7H3;1,9,11-12,14H,6-8,10,13H2,2-4H3/b26-23+;. The Balaban J connectivity index is 0.000000507. The molecule has 0 nitrogen and oxygen atoms in total. The first kappa shape index (κ1) is 41.0. The van der Waals surface area contributed by atoms with E-state index >= 15 is 0 Å². The average Bonchev–Trinajstić information content (AvgIpc) is 2.95. The van der Waals surface area contributed by atoms with Crippen LogP contribution in [0.15, 0.2) is 54.2 Å². The van der Waals surface area contributed by atoms with E-state index < -0.39 is 8.07 Å². The van der Waals surface area contributed by atoms with E-state index in [-0.39, 0.29) is 0 Å². The number of rotatable bonds is 18. The van der Waals surface area contributed by atoms with Crippen LogP contribution in [-0.4, -0.2) is 8.07 Å². The van der Waals surface area contributed by atoms with Crippen LogP contribution < -0.4 is 0 Å². The fourth-order valence-corrected chi connectivity index (χ4v) is 7.16. The highest BCUT2D eigenvalue weighted by Crippen LogP contribution is 2.27. The highest BCUT2D eigenvalue weighted by molar-refractivity contribution is 6.81. The van der Waals surface area contributed by atoms with Crippen molar-refractivity contribution < 1.29 is 0 Å². The van der Waals surface area contributed by atoms with Crippen molar-refractivity contribution in [2.24, 2.45) is 10.8 Å². The molecule has 2 aromatic rings. The van der Waals surface area contributed by atoms with Gasteiger partial charge in [0.05, 0.1) is 8.07 Å². The Morgan fingerprint density at radius 2 is 1.18 bits per heavy atom. The minimum absolute atomic E-state index is 0.476. The van der Waals surface area contributed by atoms with Gasteiger partial charge in [0, 0.05) is 5.56 Å². The summed E-state index contributed by atoms with van der Waals surface area (Å²) in [5.74, 6) is 2.69. The summed E-state index contributed by atoms with van der Waals surface area (Å²) in [7, 11) is -1.21. The van der Waals surface area contributed by atoms with Crippen LogP contribution >= 0.6 is 0 Å². The van der Waals surface area contributed by atoms with Crippen LogP contribution in [-0.2, 0) is 12.8 Å². The second kappa shape index (κ2) is 21.7. The molecule has 0 aliphatic rings. The normalized spacial score (nSPS) is 12.4. The largest absolute Gasteiger partial charge is 0.115 e. The smallest absolute Gasteiger partial charge is 0.0690 e. The van der Waals surface area contributed by atoms with Crippen LogP contribution in [0.1, 0.15) is 161 Å². The molecule has 1 heteroatoms. The lowest BCUT2D eigenvalue weighted by molar-refractivity contribution is 0.358. The van der Waals surface area contributed by atoms with Crippen molar-refractivity contribution in [2.45, 2.75) is 171 Å². The Labute approximate surface area is 283 Å². The van der Waals surface area contributed by atoms with E-state index in [4.69, 9.17) is 6.42 Å². The Morgan fingerprint density at radius 3 is 1.69 bits per heavy atom. The minimum atomic E-state index is -1.21. The van der Waals surface area contributed by atoms with Crippen molar-refractivity contribution in [1.82, 2.24) is 0 Å². The van der Waals surface area contributed by atoms with Gasteiger partial charge in [0.25, 0.3) is 0 Å². The van der Waals surface area contributed by atoms with E-state index in [1.54, 1.807) is 5.57 Å². The van der Waals surface area contributed by atoms with Gasteiger partial charge in [-0.2, -0.15) is 0 Å². The number of unbranched alkanes of at least 4 members (excludes halogenated alkanes) is 8. The molecule has 45 heavy (non-hydrogen) atoms. The highest BCUT2D eigenvalue weighted by atomic mass is 28.3. The molecular formula is C44H72Si. The molecule has 252 valence electrons. The SMILES string of the molecule is C#Cc1cccc(CCCCCC(C)(C)C)c1.CCCCCCC/C(=C\[Si](C)(C)C)c1cccc(CCCCCC(C)(C)C)c1. The number of hydrogen-bond donors (Lipinski definition) is 0. The summed E-state index contributed by atoms with van der Waals surface area (Å²) in [6, 6.07) is 17.8. The number of terminal acetylenes is 1. The van der Waals surface area contributed by atoms with Crippen molar-refractivity contribution in [3.63, 3.8) is 0 Å². The molecule has 0 fully saturated rings. The zero-order chi connectivity index (χ0) is 33.8. The number of hydrogen-bond acceptors (Lipinski definition) is 0. The zero-order valence-corrected chi connectivity index (χ0v) is 32.6. The van der Waals surface area contributed by atoms with Crippen LogP contribution in [0.4, 0.5) is 0 Å². The number of benzene rings is 2. The minimum Gasteiger partial charge on any atom is -0.115 e. The van der Waals surface area contributed by atoms with Gasteiger partial charge in [0.1, 0.15) is 0 Å². The molecule has 0 aliphatic carbocycles. The molecule has 0 bridgehead atoms. The third kappa shape index (κ3) is 23.0. The summed E-state index contributed by atoms with van der Waals surface area (Å²) >= 11 is 0. The van der Waals surface area contributed by atoms with Gasteiger partial charge in [-0.1, -0.05) is 167 Å². The second-order valence-electron chi connectivity index (χ2n) is 17.0. The molecule has 0 unspecified atom stereocenters. The monoisotopic (exact) mass is 629 g/mol. The first-order valence-electron chi connectivity index (χ1n) is 18.5. The molecule has 0 spiro atoms. The van der Waals surface area contributed by atoms with E-state index in [1.807, 2.05) is 6.07 Å². The van der Waals surface area contributed by atoms with Gasteiger partial charge >= 0.3 is 0 Å². The van der Waals surface area contributed by atoms with E-state index in [0.717, 1.165) is 12.0 Å². The molecule has 0 heterocycles. The van der Waals surface area contributed by atoms with Crippen LogP contribution in [0.2, 0.25) is 19.6 Å². The van der Waals surface area contributed by atoms with Gasteiger partial charge in [-0.25, -0.2) is 0 Å². The predicted octanol–water partition coefficient (Wildman–Crippen LogP) is 14.3. The molecular weight excluding hydrogens is 557 g/mol. The average molecular weight is 629 g/mol. The van der Waals surface area contributed by atoms with Crippen molar-refractivity contribution >= 4 is 13.6 Å². The van der Waals surface area contributed by atoms with Crippen molar-refractivity contribution in [2.75, 3.05) is 0 Å². The fraction of sp³-hybridized carbons (Fsp3) is 0.636. The number of aryl methyl sites for hydroxylation is 2. The van der Waals surface area contributed by atoms with Crippen molar-refractivity contribution in [3.8, 4) is 12.3 Å². The third-order valence-corrected chi connectivity index (χ3v) is 9.55. The molecule has 0 saturated carbocycles. The van der Waals surface area contributed by atoms with Crippen molar-refractivity contribution in [1.29, 1.82) is 0 Å². The zero-order valence-electron chi connectivity index (χ0n) is 31.6. The summed E-state index contributed by atoms with van der Waals surface area (Å²) in [6.45, 7) is 23.7. The lowest BCUT2D eigenvalue weighted by atomic mass is 9.89. The summed E-state index contributed by atoms with van der Waals surface area (Å²) in [5.41, 5.74) is 10.6. The van der Waals surface area contributed by atoms with Gasteiger partial charge in [-0.3, -0.25) is 0 Å². The highest BCUT2D eigenvalue weighted by Gasteiger charge is 2.13. The molecule has 0 aliphatic heterocycles. The first-order chi connectivity index (χ1) is 21.1. The van der Waals surface area contributed by atoms with Crippen LogP contribution in [0.3, 0.4) is 0 Å². The molecule has 0 N–H and O–H groups in total. The predicted molar refractivity (Wildman–Crippen MR) is 209 cm³/mol. The topological polar surface area (TPSA) is 0 Å². The Bertz CT molecular complexity index is 1120. The number of allylic oxidation sites excluding steroid dienone is 1. The summed E-state index contributed by atoms with van der Waals surface area (Å²) in [6.07, 6.45) is 26.5. The van der Waals surface area contributed by atoms with E-state index in [1.165, 1.54) is 113 Å². The lowest BCUT2D eigenvalue weighted by Gasteiger charge is -2.17. The molecule has 2 aromatic carbocycles. The summed E-state index contributed by atoms with van der Waals surface area (Å²) < 4.78 is 0. The molecule has 0 atom stereocenters.